The third-order valence-electron chi connectivity index (χ3n) is 5.90. The maximum absolute atomic E-state index is 13.1. The van der Waals surface area contributed by atoms with Gasteiger partial charge in [0.1, 0.15) is 0 Å². The van der Waals surface area contributed by atoms with Gasteiger partial charge in [-0.15, -0.1) is 0 Å². The first-order chi connectivity index (χ1) is 13.9. The summed E-state index contributed by atoms with van der Waals surface area (Å²) < 4.78 is 1.26. The molecule has 2 unspecified atom stereocenters. The number of nitrogens with zero attached hydrogens (tertiary/aromatic N) is 1. The molecule has 8 nitrogen and oxygen atoms in total. The number of fused-ring (bicyclic) bond motifs is 1. The van der Waals surface area contributed by atoms with Crippen LogP contribution in [0.5, 0.6) is 0 Å². The molecular formula is C20H21AsN2O6. The van der Waals surface area contributed by atoms with Crippen LogP contribution in [-0.2, 0) is 14.4 Å². The van der Waals surface area contributed by atoms with E-state index in [1.54, 1.807) is 12.1 Å². The summed E-state index contributed by atoms with van der Waals surface area (Å²) in [6.45, 7) is 0. The van der Waals surface area contributed by atoms with Crippen molar-refractivity contribution in [3.05, 3.63) is 29.3 Å². The van der Waals surface area contributed by atoms with Crippen molar-refractivity contribution < 1.29 is 29.1 Å². The standard InChI is InChI=1S/C20H21AsN2O6/c24-15-9-8-14(17(25)22-15)23-18(26)12-2-1-3-13(16(12)19(23)27)21-11-6-4-10(5-7-11)20(28)29/h1-3,10-11,14,21H,4-9H2,(H,28,29)(H,22,24,25). The average molecular weight is 460 g/mol. The quantitative estimate of drug-likeness (QED) is 0.490. The molecule has 29 heavy (non-hydrogen) atoms. The Balaban J connectivity index is 1.55. The molecule has 152 valence electrons. The van der Waals surface area contributed by atoms with Crippen LogP contribution in [0.1, 0.15) is 59.2 Å². The summed E-state index contributed by atoms with van der Waals surface area (Å²) in [5.74, 6) is -2.98. The molecule has 1 aromatic rings. The summed E-state index contributed by atoms with van der Waals surface area (Å²) in [6.07, 6.45) is 3.17. The van der Waals surface area contributed by atoms with Gasteiger partial charge in [0, 0.05) is 0 Å². The van der Waals surface area contributed by atoms with Gasteiger partial charge in [0.25, 0.3) is 0 Å². The first-order valence-electron chi connectivity index (χ1n) is 9.70. The van der Waals surface area contributed by atoms with Crippen LogP contribution < -0.4 is 9.67 Å². The molecule has 0 aromatic heterocycles. The van der Waals surface area contributed by atoms with Crippen molar-refractivity contribution in [1.29, 1.82) is 0 Å². The van der Waals surface area contributed by atoms with Crippen molar-refractivity contribution in [3.8, 4) is 0 Å². The van der Waals surface area contributed by atoms with Crippen LogP contribution in [-0.4, -0.2) is 61.4 Å². The monoisotopic (exact) mass is 460 g/mol. The molecule has 3 aliphatic rings. The predicted molar refractivity (Wildman–Crippen MR) is 103 cm³/mol. The number of carboxylic acid groups (broad SMARTS) is 1. The van der Waals surface area contributed by atoms with Crippen LogP contribution in [0.4, 0.5) is 0 Å². The van der Waals surface area contributed by atoms with Gasteiger partial charge in [0.05, 0.1) is 0 Å². The van der Waals surface area contributed by atoms with Crippen LogP contribution >= 0.6 is 0 Å². The fourth-order valence-corrected chi connectivity index (χ4v) is 7.78. The average Bonchev–Trinajstić information content (AvgIpc) is 2.94. The first-order valence-corrected chi connectivity index (χ1v) is 12.0. The number of amides is 4. The number of hydrogen-bond acceptors (Lipinski definition) is 5. The summed E-state index contributed by atoms with van der Waals surface area (Å²) in [5, 5.41) is 11.4. The topological polar surface area (TPSA) is 121 Å². The summed E-state index contributed by atoms with van der Waals surface area (Å²) in [5.41, 5.74) is 0.711. The Morgan fingerprint density at radius 3 is 2.41 bits per heavy atom. The number of piperidine rings is 1. The molecule has 1 saturated carbocycles. The molecule has 4 amide bonds. The molecule has 2 aliphatic heterocycles. The van der Waals surface area contributed by atoms with E-state index in [9.17, 15) is 24.0 Å². The zero-order valence-electron chi connectivity index (χ0n) is 15.6. The molecule has 1 aromatic carbocycles. The normalized spacial score (nSPS) is 27.4. The van der Waals surface area contributed by atoms with Gasteiger partial charge >= 0.3 is 174 Å². The van der Waals surface area contributed by atoms with Crippen LogP contribution in [0.25, 0.3) is 0 Å². The second kappa shape index (κ2) is 7.75. The van der Waals surface area contributed by atoms with E-state index in [0.29, 0.717) is 28.7 Å². The van der Waals surface area contributed by atoms with Gasteiger partial charge in [0.2, 0.25) is 0 Å². The third-order valence-corrected chi connectivity index (χ3v) is 9.50. The Morgan fingerprint density at radius 2 is 1.76 bits per heavy atom. The van der Waals surface area contributed by atoms with Crippen LogP contribution in [0, 0.1) is 5.92 Å². The van der Waals surface area contributed by atoms with Gasteiger partial charge in [-0.1, -0.05) is 0 Å². The van der Waals surface area contributed by atoms with Gasteiger partial charge < -0.3 is 0 Å². The maximum atomic E-state index is 13.1. The summed E-state index contributed by atoms with van der Waals surface area (Å²) in [6, 6.07) is 4.29. The van der Waals surface area contributed by atoms with Gasteiger partial charge in [-0.3, -0.25) is 0 Å². The van der Waals surface area contributed by atoms with Crippen molar-refractivity contribution in [2.24, 2.45) is 5.92 Å². The zero-order chi connectivity index (χ0) is 20.7. The Labute approximate surface area is 173 Å². The Kier molecular flexibility index (Phi) is 5.30. The van der Waals surface area contributed by atoms with E-state index in [4.69, 9.17) is 5.11 Å². The first kappa shape index (κ1) is 19.8. The molecule has 9 heteroatoms. The second-order valence-corrected chi connectivity index (χ2v) is 11.2. The van der Waals surface area contributed by atoms with E-state index in [0.717, 1.165) is 22.1 Å². The van der Waals surface area contributed by atoms with Crippen LogP contribution in [0.2, 0.25) is 4.71 Å². The van der Waals surface area contributed by atoms with E-state index in [2.05, 4.69) is 5.32 Å². The number of nitrogens with one attached hydrogen (secondary N) is 1. The van der Waals surface area contributed by atoms with Crippen molar-refractivity contribution >= 4 is 49.7 Å². The molecule has 2 atom stereocenters. The Bertz CT molecular complexity index is 922. The number of hydrogen-bond donors (Lipinski definition) is 2. The van der Waals surface area contributed by atoms with E-state index in [-0.39, 0.29) is 18.8 Å². The molecule has 0 spiro atoms. The summed E-state index contributed by atoms with van der Waals surface area (Å²) in [4.78, 5) is 61.8. The van der Waals surface area contributed by atoms with E-state index in [1.165, 1.54) is 0 Å². The van der Waals surface area contributed by atoms with Gasteiger partial charge in [-0.25, -0.2) is 0 Å². The molecule has 1 aliphatic carbocycles. The molecule has 0 bridgehead atoms. The molecule has 4 rings (SSSR count). The molecule has 1 saturated heterocycles. The van der Waals surface area contributed by atoms with E-state index < -0.39 is 51.4 Å². The molecule has 0 radical (unpaired) electrons. The van der Waals surface area contributed by atoms with Gasteiger partial charge in [-0.05, 0) is 0 Å². The Hall–Kier alpha value is -2.47. The number of carbonyl (C=O) groups excluding carboxylic acids is 4. The minimum absolute atomic E-state index is 0.0946. The number of benzene rings is 1. The zero-order valence-corrected chi connectivity index (χ0v) is 17.7. The number of aliphatic carboxylic acids is 1. The number of rotatable bonds is 4. The summed E-state index contributed by atoms with van der Waals surface area (Å²) in [7, 11) is 0. The van der Waals surface area contributed by atoms with Crippen molar-refractivity contribution in [2.75, 3.05) is 0 Å². The van der Waals surface area contributed by atoms with Crippen LogP contribution in [0.3, 0.4) is 0 Å². The predicted octanol–water partition coefficient (Wildman–Crippen LogP) is 0.213. The van der Waals surface area contributed by atoms with E-state index >= 15 is 0 Å². The number of carboxylic acids is 1. The van der Waals surface area contributed by atoms with Crippen LogP contribution in [0.15, 0.2) is 18.2 Å². The number of carbonyl (C=O) groups is 5. The fraction of sp³-hybridized carbons (Fsp3) is 0.450. The van der Waals surface area contributed by atoms with Crippen molar-refractivity contribution in [3.63, 3.8) is 0 Å². The summed E-state index contributed by atoms with van der Waals surface area (Å²) >= 11 is -0.751. The van der Waals surface area contributed by atoms with Crippen molar-refractivity contribution in [2.45, 2.75) is 49.3 Å². The minimum atomic E-state index is -0.959. The molecule has 2 N–H and O–H groups in total. The number of imide groups is 2. The van der Waals surface area contributed by atoms with E-state index in [1.807, 2.05) is 6.07 Å². The second-order valence-electron chi connectivity index (χ2n) is 7.71. The van der Waals surface area contributed by atoms with Crippen molar-refractivity contribution in [1.82, 2.24) is 10.2 Å². The molecular weight excluding hydrogens is 439 g/mol. The van der Waals surface area contributed by atoms with Gasteiger partial charge in [0.15, 0.2) is 0 Å². The molecule has 2 heterocycles. The molecule has 2 fully saturated rings. The third kappa shape index (κ3) is 3.61. The van der Waals surface area contributed by atoms with Gasteiger partial charge in [-0.2, -0.15) is 0 Å². The SMILES string of the molecule is O=C1CCC(N2C(=O)c3cccc([AsH]C4CCC(C(=O)O)CC4)c3C2=O)C(=O)N1. The Morgan fingerprint density at radius 1 is 1.03 bits per heavy atom. The fourth-order valence-electron chi connectivity index (χ4n) is 4.34.